The molecule has 2 N–H and O–H groups in total. The fourth-order valence-electron chi connectivity index (χ4n) is 2.59. The molecule has 0 aromatic heterocycles. The summed E-state index contributed by atoms with van der Waals surface area (Å²) in [4.78, 5) is 13.6. The standard InChI is InChI=1S/C15H19F3N2O/c16-15(17,18)12-6-8-20(9-7-12)14(21)10-13(19)11-4-2-1-3-5-11/h1-5,12-13H,6-10,19H2. The Hall–Kier alpha value is -1.56. The lowest BCUT2D eigenvalue weighted by Crippen LogP contribution is -2.42. The predicted molar refractivity (Wildman–Crippen MR) is 73.3 cm³/mol. The van der Waals surface area contributed by atoms with E-state index in [2.05, 4.69) is 0 Å². The maximum atomic E-state index is 12.6. The fraction of sp³-hybridized carbons (Fsp3) is 0.533. The van der Waals surface area contributed by atoms with Crippen molar-refractivity contribution in [1.29, 1.82) is 0 Å². The Morgan fingerprint density at radius 2 is 1.81 bits per heavy atom. The van der Waals surface area contributed by atoms with Gasteiger partial charge in [-0.3, -0.25) is 4.79 Å². The molecule has 6 heteroatoms. The Morgan fingerprint density at radius 3 is 2.33 bits per heavy atom. The van der Waals surface area contributed by atoms with Crippen molar-refractivity contribution in [2.75, 3.05) is 13.1 Å². The number of halogens is 3. The number of alkyl halides is 3. The first kappa shape index (κ1) is 15.8. The SMILES string of the molecule is NC(CC(=O)N1CCC(C(F)(F)F)CC1)c1ccccc1. The van der Waals surface area contributed by atoms with Gasteiger partial charge in [0.1, 0.15) is 0 Å². The van der Waals surface area contributed by atoms with Crippen molar-refractivity contribution in [3.05, 3.63) is 35.9 Å². The largest absolute Gasteiger partial charge is 0.391 e. The van der Waals surface area contributed by atoms with E-state index in [9.17, 15) is 18.0 Å². The van der Waals surface area contributed by atoms with Gasteiger partial charge < -0.3 is 10.6 Å². The molecule has 1 unspecified atom stereocenters. The number of hydrogen-bond acceptors (Lipinski definition) is 2. The summed E-state index contributed by atoms with van der Waals surface area (Å²) >= 11 is 0. The Bertz CT molecular complexity index is 468. The van der Waals surface area contributed by atoms with Gasteiger partial charge in [0, 0.05) is 25.6 Å². The van der Waals surface area contributed by atoms with E-state index < -0.39 is 18.1 Å². The minimum Gasteiger partial charge on any atom is -0.343 e. The van der Waals surface area contributed by atoms with Crippen LogP contribution in [0.4, 0.5) is 13.2 Å². The van der Waals surface area contributed by atoms with E-state index in [1.807, 2.05) is 30.3 Å². The average Bonchev–Trinajstić information content (AvgIpc) is 2.47. The molecule has 2 rings (SSSR count). The summed E-state index contributed by atoms with van der Waals surface area (Å²) in [6.07, 6.45) is -4.07. The Kier molecular flexibility index (Phi) is 4.88. The second kappa shape index (κ2) is 6.47. The van der Waals surface area contributed by atoms with Gasteiger partial charge in [-0.05, 0) is 18.4 Å². The smallest absolute Gasteiger partial charge is 0.343 e. The Balaban J connectivity index is 1.85. The number of nitrogens with zero attached hydrogens (tertiary/aromatic N) is 1. The number of benzene rings is 1. The molecule has 1 saturated heterocycles. The molecule has 21 heavy (non-hydrogen) atoms. The highest BCUT2D eigenvalue weighted by Gasteiger charge is 2.41. The third-order valence-corrected chi connectivity index (χ3v) is 3.93. The molecule has 1 amide bonds. The topological polar surface area (TPSA) is 46.3 Å². The second-order valence-electron chi connectivity index (χ2n) is 5.42. The first-order valence-corrected chi connectivity index (χ1v) is 7.03. The summed E-state index contributed by atoms with van der Waals surface area (Å²) in [6, 6.07) is 8.81. The van der Waals surface area contributed by atoms with E-state index >= 15 is 0 Å². The van der Waals surface area contributed by atoms with Crippen molar-refractivity contribution in [2.45, 2.75) is 31.5 Å². The summed E-state index contributed by atoms with van der Waals surface area (Å²) in [5.41, 5.74) is 6.83. The van der Waals surface area contributed by atoms with Crippen LogP contribution in [0, 0.1) is 5.92 Å². The number of hydrogen-bond donors (Lipinski definition) is 1. The van der Waals surface area contributed by atoms with Gasteiger partial charge in [-0.15, -0.1) is 0 Å². The molecule has 0 saturated carbocycles. The molecule has 3 nitrogen and oxygen atoms in total. The van der Waals surface area contributed by atoms with Crippen LogP contribution in [-0.4, -0.2) is 30.1 Å². The van der Waals surface area contributed by atoms with E-state index in [1.54, 1.807) is 0 Å². The molecule has 1 atom stereocenters. The van der Waals surface area contributed by atoms with Gasteiger partial charge in [0.15, 0.2) is 0 Å². The molecule has 0 bridgehead atoms. The van der Waals surface area contributed by atoms with Crippen molar-refractivity contribution < 1.29 is 18.0 Å². The van der Waals surface area contributed by atoms with Crippen molar-refractivity contribution in [2.24, 2.45) is 11.7 Å². The van der Waals surface area contributed by atoms with Gasteiger partial charge in [0.05, 0.1) is 5.92 Å². The van der Waals surface area contributed by atoms with E-state index in [4.69, 9.17) is 5.73 Å². The first-order valence-electron chi connectivity index (χ1n) is 7.03. The third-order valence-electron chi connectivity index (χ3n) is 3.93. The average molecular weight is 300 g/mol. The molecule has 0 radical (unpaired) electrons. The molecule has 0 spiro atoms. The molecule has 1 fully saturated rings. The maximum absolute atomic E-state index is 12.6. The number of piperidine rings is 1. The zero-order chi connectivity index (χ0) is 15.5. The van der Waals surface area contributed by atoms with Crippen LogP contribution in [0.3, 0.4) is 0 Å². The fourth-order valence-corrected chi connectivity index (χ4v) is 2.59. The minimum absolute atomic E-state index is 0.0180. The van der Waals surface area contributed by atoms with Crippen LogP contribution in [0.25, 0.3) is 0 Å². The number of amides is 1. The molecule has 1 heterocycles. The lowest BCUT2D eigenvalue weighted by atomic mass is 9.95. The van der Waals surface area contributed by atoms with Crippen LogP contribution in [0.1, 0.15) is 30.9 Å². The number of carbonyl (C=O) groups excluding carboxylic acids is 1. The molecule has 116 valence electrons. The Labute approximate surface area is 121 Å². The zero-order valence-electron chi connectivity index (χ0n) is 11.6. The molecule has 1 aromatic carbocycles. The lowest BCUT2D eigenvalue weighted by molar-refractivity contribution is -0.186. The summed E-state index contributed by atoms with van der Waals surface area (Å²) < 4.78 is 37.7. The van der Waals surface area contributed by atoms with Gasteiger partial charge in [0.25, 0.3) is 0 Å². The number of likely N-dealkylation sites (tertiary alicyclic amines) is 1. The van der Waals surface area contributed by atoms with Gasteiger partial charge >= 0.3 is 6.18 Å². The summed E-state index contributed by atoms with van der Waals surface area (Å²) in [6.45, 7) is 0.315. The number of carbonyl (C=O) groups is 1. The Morgan fingerprint density at radius 1 is 1.24 bits per heavy atom. The summed E-state index contributed by atoms with van der Waals surface area (Å²) in [7, 11) is 0. The van der Waals surface area contributed by atoms with Crippen LogP contribution in [-0.2, 0) is 4.79 Å². The van der Waals surface area contributed by atoms with E-state index in [1.165, 1.54) is 4.90 Å². The quantitative estimate of drug-likeness (QED) is 0.933. The third kappa shape index (κ3) is 4.20. The first-order chi connectivity index (χ1) is 9.88. The van der Waals surface area contributed by atoms with Gasteiger partial charge in [-0.2, -0.15) is 13.2 Å². The van der Waals surface area contributed by atoms with E-state index in [-0.39, 0.29) is 38.3 Å². The van der Waals surface area contributed by atoms with Crippen LogP contribution in [0.5, 0.6) is 0 Å². The maximum Gasteiger partial charge on any atom is 0.391 e. The molecule has 1 aromatic rings. The van der Waals surface area contributed by atoms with Crippen LogP contribution in [0.2, 0.25) is 0 Å². The number of rotatable bonds is 3. The van der Waals surface area contributed by atoms with Gasteiger partial charge in [0.2, 0.25) is 5.91 Å². The second-order valence-corrected chi connectivity index (χ2v) is 5.42. The van der Waals surface area contributed by atoms with Crippen molar-refractivity contribution in [3.8, 4) is 0 Å². The molecule has 1 aliphatic rings. The lowest BCUT2D eigenvalue weighted by Gasteiger charge is -2.33. The van der Waals surface area contributed by atoms with Crippen molar-refractivity contribution >= 4 is 5.91 Å². The normalized spacial score (nSPS) is 18.6. The predicted octanol–water partition coefficient (Wildman–Crippen LogP) is 2.88. The van der Waals surface area contributed by atoms with Crippen molar-refractivity contribution in [3.63, 3.8) is 0 Å². The molecular formula is C15H19F3N2O. The summed E-state index contributed by atoms with van der Waals surface area (Å²) in [5.74, 6) is -1.46. The minimum atomic E-state index is -4.16. The van der Waals surface area contributed by atoms with Gasteiger partial charge in [-0.25, -0.2) is 0 Å². The monoisotopic (exact) mass is 300 g/mol. The van der Waals surface area contributed by atoms with Crippen LogP contribution < -0.4 is 5.73 Å². The summed E-state index contributed by atoms with van der Waals surface area (Å²) in [5, 5.41) is 0. The zero-order valence-corrected chi connectivity index (χ0v) is 11.6. The number of nitrogens with two attached hydrogens (primary N) is 1. The highest BCUT2D eigenvalue weighted by atomic mass is 19.4. The van der Waals surface area contributed by atoms with Gasteiger partial charge in [-0.1, -0.05) is 30.3 Å². The van der Waals surface area contributed by atoms with E-state index in [0.717, 1.165) is 5.56 Å². The van der Waals surface area contributed by atoms with Crippen LogP contribution >= 0.6 is 0 Å². The van der Waals surface area contributed by atoms with E-state index in [0.29, 0.717) is 0 Å². The molecular weight excluding hydrogens is 281 g/mol. The highest BCUT2D eigenvalue weighted by molar-refractivity contribution is 5.77. The molecule has 1 aliphatic heterocycles. The highest BCUT2D eigenvalue weighted by Crippen LogP contribution is 2.34. The van der Waals surface area contributed by atoms with Crippen molar-refractivity contribution in [1.82, 2.24) is 4.90 Å². The van der Waals surface area contributed by atoms with Crippen LogP contribution in [0.15, 0.2) is 30.3 Å². The molecule has 0 aliphatic carbocycles.